The van der Waals surface area contributed by atoms with Crippen LogP contribution < -0.4 is 10.1 Å². The molecule has 0 radical (unpaired) electrons. The Bertz CT molecular complexity index is 339. The minimum atomic E-state index is 0.744. The molecular formula is C17H28NO+. The summed E-state index contributed by atoms with van der Waals surface area (Å²) in [4.78, 5) is 0. The fourth-order valence-electron chi connectivity index (χ4n) is 2.91. The third kappa shape index (κ3) is 5.23. The minimum absolute atomic E-state index is 0.744. The summed E-state index contributed by atoms with van der Waals surface area (Å²) in [7, 11) is 0. The zero-order chi connectivity index (χ0) is 13.3. The van der Waals surface area contributed by atoms with Crippen LogP contribution in [0.1, 0.15) is 57.4 Å². The number of hydrogen-bond acceptors (Lipinski definition) is 1. The van der Waals surface area contributed by atoms with Crippen LogP contribution in [-0.2, 0) is 6.54 Å². The quantitative estimate of drug-likeness (QED) is 0.866. The fraction of sp³-hybridized carbons (Fsp3) is 0.647. The molecule has 1 fully saturated rings. The van der Waals surface area contributed by atoms with Gasteiger partial charge in [-0.3, -0.25) is 0 Å². The molecule has 0 atom stereocenters. The Hall–Kier alpha value is -1.02. The van der Waals surface area contributed by atoms with E-state index in [0.29, 0.717) is 0 Å². The second kappa shape index (κ2) is 8.21. The van der Waals surface area contributed by atoms with Crippen molar-refractivity contribution in [1.82, 2.24) is 0 Å². The van der Waals surface area contributed by atoms with Crippen LogP contribution in [0.15, 0.2) is 24.3 Å². The molecule has 2 N–H and O–H groups in total. The van der Waals surface area contributed by atoms with E-state index in [1.54, 1.807) is 0 Å². The molecule has 0 aliphatic heterocycles. The van der Waals surface area contributed by atoms with Crippen LogP contribution in [0.25, 0.3) is 0 Å². The Morgan fingerprint density at radius 2 is 1.63 bits per heavy atom. The summed E-state index contributed by atoms with van der Waals surface area (Å²) in [5.74, 6) is 0.984. The van der Waals surface area contributed by atoms with Crippen LogP contribution in [0.5, 0.6) is 5.75 Å². The van der Waals surface area contributed by atoms with Crippen molar-refractivity contribution in [2.24, 2.45) is 0 Å². The van der Waals surface area contributed by atoms with Gasteiger partial charge in [-0.2, -0.15) is 0 Å². The van der Waals surface area contributed by atoms with Crippen LogP contribution in [0, 0.1) is 0 Å². The molecule has 19 heavy (non-hydrogen) atoms. The van der Waals surface area contributed by atoms with Gasteiger partial charge in [-0.05, 0) is 56.9 Å². The molecule has 1 aliphatic carbocycles. The van der Waals surface area contributed by atoms with Gasteiger partial charge in [0.15, 0.2) is 0 Å². The monoisotopic (exact) mass is 262 g/mol. The van der Waals surface area contributed by atoms with Gasteiger partial charge < -0.3 is 10.1 Å². The third-order valence-corrected chi connectivity index (χ3v) is 4.07. The molecule has 1 aromatic rings. The van der Waals surface area contributed by atoms with Crippen molar-refractivity contribution < 1.29 is 10.1 Å². The first-order valence-corrected chi connectivity index (χ1v) is 7.93. The maximum atomic E-state index is 5.48. The first kappa shape index (κ1) is 14.4. The summed E-state index contributed by atoms with van der Waals surface area (Å²) >= 11 is 0. The molecule has 0 bridgehead atoms. The van der Waals surface area contributed by atoms with Gasteiger partial charge in [0, 0.05) is 5.56 Å². The van der Waals surface area contributed by atoms with Gasteiger partial charge >= 0.3 is 0 Å². The fourth-order valence-corrected chi connectivity index (χ4v) is 2.91. The van der Waals surface area contributed by atoms with Gasteiger partial charge in [0.2, 0.25) is 0 Å². The van der Waals surface area contributed by atoms with Crippen molar-refractivity contribution in [2.45, 2.75) is 64.5 Å². The summed E-state index contributed by atoms with van der Waals surface area (Å²) in [6, 6.07) is 9.41. The average molecular weight is 262 g/mol. The second-order valence-electron chi connectivity index (χ2n) is 5.62. The zero-order valence-electron chi connectivity index (χ0n) is 12.2. The number of benzene rings is 1. The van der Waals surface area contributed by atoms with Crippen molar-refractivity contribution >= 4 is 0 Å². The molecule has 0 heterocycles. The summed E-state index contributed by atoms with van der Waals surface area (Å²) in [5.41, 5.74) is 1.41. The molecule has 0 amide bonds. The normalized spacial score (nSPS) is 17.7. The van der Waals surface area contributed by atoms with Gasteiger partial charge in [0.1, 0.15) is 12.3 Å². The number of ether oxygens (including phenoxy) is 1. The molecule has 1 saturated carbocycles. The van der Waals surface area contributed by atoms with Crippen molar-refractivity contribution in [3.8, 4) is 5.75 Å². The molecule has 0 unspecified atom stereocenters. The Morgan fingerprint density at radius 3 is 2.26 bits per heavy atom. The van der Waals surface area contributed by atoms with E-state index in [1.165, 1.54) is 50.5 Å². The van der Waals surface area contributed by atoms with Crippen molar-refractivity contribution in [1.29, 1.82) is 0 Å². The maximum absolute atomic E-state index is 5.48. The number of rotatable bonds is 5. The molecular weight excluding hydrogens is 234 g/mol. The Balaban J connectivity index is 1.76. The highest BCUT2D eigenvalue weighted by Crippen LogP contribution is 2.15. The predicted molar refractivity (Wildman–Crippen MR) is 79.3 cm³/mol. The van der Waals surface area contributed by atoms with E-state index in [2.05, 4.69) is 29.6 Å². The van der Waals surface area contributed by atoms with Crippen molar-refractivity contribution in [3.05, 3.63) is 29.8 Å². The molecule has 2 heteroatoms. The molecule has 2 nitrogen and oxygen atoms in total. The maximum Gasteiger partial charge on any atom is 0.119 e. The third-order valence-electron chi connectivity index (χ3n) is 4.07. The highest BCUT2D eigenvalue weighted by atomic mass is 16.5. The lowest BCUT2D eigenvalue weighted by atomic mass is 9.96. The Kier molecular flexibility index (Phi) is 6.22. The molecule has 2 rings (SSSR count). The first-order valence-electron chi connectivity index (χ1n) is 7.93. The van der Waals surface area contributed by atoms with Crippen LogP contribution in [0.3, 0.4) is 0 Å². The van der Waals surface area contributed by atoms with E-state index in [0.717, 1.165) is 24.9 Å². The zero-order valence-corrected chi connectivity index (χ0v) is 12.2. The van der Waals surface area contributed by atoms with Gasteiger partial charge in [0.25, 0.3) is 0 Å². The average Bonchev–Trinajstić information content (AvgIpc) is 2.39. The van der Waals surface area contributed by atoms with Gasteiger partial charge in [-0.15, -0.1) is 0 Å². The van der Waals surface area contributed by atoms with Gasteiger partial charge in [-0.1, -0.05) is 19.3 Å². The lowest BCUT2D eigenvalue weighted by molar-refractivity contribution is -0.706. The van der Waals surface area contributed by atoms with Gasteiger partial charge in [0.05, 0.1) is 12.6 Å². The van der Waals surface area contributed by atoms with E-state index in [-0.39, 0.29) is 0 Å². The van der Waals surface area contributed by atoms with Crippen LogP contribution in [-0.4, -0.2) is 12.6 Å². The van der Waals surface area contributed by atoms with E-state index in [1.807, 2.05) is 6.92 Å². The smallest absolute Gasteiger partial charge is 0.119 e. The van der Waals surface area contributed by atoms with Crippen LogP contribution >= 0.6 is 0 Å². The highest BCUT2D eigenvalue weighted by Gasteiger charge is 2.13. The van der Waals surface area contributed by atoms with Gasteiger partial charge in [-0.25, -0.2) is 0 Å². The summed E-state index contributed by atoms with van der Waals surface area (Å²) in [6.45, 7) is 3.88. The van der Waals surface area contributed by atoms with Crippen LogP contribution in [0.4, 0.5) is 0 Å². The highest BCUT2D eigenvalue weighted by molar-refractivity contribution is 5.26. The van der Waals surface area contributed by atoms with E-state index in [9.17, 15) is 0 Å². The summed E-state index contributed by atoms with van der Waals surface area (Å²) < 4.78 is 5.48. The SMILES string of the molecule is CCOc1ccc(C[NH2+]C2CCCCCCC2)cc1. The van der Waals surface area contributed by atoms with Crippen molar-refractivity contribution in [2.75, 3.05) is 6.61 Å². The molecule has 1 aromatic carbocycles. The minimum Gasteiger partial charge on any atom is -0.494 e. The van der Waals surface area contributed by atoms with E-state index < -0.39 is 0 Å². The van der Waals surface area contributed by atoms with Crippen molar-refractivity contribution in [3.63, 3.8) is 0 Å². The summed E-state index contributed by atoms with van der Waals surface area (Å²) in [5, 5.41) is 2.54. The van der Waals surface area contributed by atoms with E-state index in [4.69, 9.17) is 4.74 Å². The summed E-state index contributed by atoms with van der Waals surface area (Å²) in [6.07, 6.45) is 9.97. The lowest BCUT2D eigenvalue weighted by Gasteiger charge is -2.18. The Morgan fingerprint density at radius 1 is 1.00 bits per heavy atom. The second-order valence-corrected chi connectivity index (χ2v) is 5.62. The number of quaternary nitrogens is 1. The topological polar surface area (TPSA) is 25.8 Å². The Labute approximate surface area is 117 Å². The standard InChI is InChI=1S/C17H27NO/c1-2-19-17-12-10-15(11-13-17)14-18-16-8-6-4-3-5-7-9-16/h10-13,16,18H,2-9,14H2,1H3/p+1. The predicted octanol–water partition coefficient (Wildman–Crippen LogP) is 3.26. The molecule has 0 saturated heterocycles. The number of hydrogen-bond donors (Lipinski definition) is 1. The van der Waals surface area contributed by atoms with E-state index >= 15 is 0 Å². The van der Waals surface area contributed by atoms with Crippen LogP contribution in [0.2, 0.25) is 0 Å². The first-order chi connectivity index (χ1) is 9.38. The molecule has 1 aliphatic rings. The largest absolute Gasteiger partial charge is 0.494 e. The lowest BCUT2D eigenvalue weighted by Crippen LogP contribution is -2.88. The number of nitrogens with two attached hydrogens (primary N) is 1. The molecule has 0 aromatic heterocycles. The molecule has 106 valence electrons. The molecule has 0 spiro atoms.